The zero-order chi connectivity index (χ0) is 25.9. The molecule has 4 aromatic rings. The molecule has 1 aliphatic heterocycles. The van der Waals surface area contributed by atoms with E-state index in [9.17, 15) is 9.59 Å². The molecule has 0 aliphatic carbocycles. The molecule has 0 N–H and O–H groups in total. The van der Waals surface area contributed by atoms with Gasteiger partial charge in [0, 0.05) is 16.2 Å². The highest BCUT2D eigenvalue weighted by molar-refractivity contribution is 6.31. The number of carbonyl (C=O) groups is 2. The van der Waals surface area contributed by atoms with Gasteiger partial charge in [-0.25, -0.2) is 4.79 Å². The molecule has 1 aromatic heterocycles. The molecule has 37 heavy (non-hydrogen) atoms. The van der Waals surface area contributed by atoms with E-state index in [1.54, 1.807) is 66.6 Å². The highest BCUT2D eigenvalue weighted by Crippen LogP contribution is 2.41. The highest BCUT2D eigenvalue weighted by Gasteiger charge is 2.32. The Morgan fingerprint density at radius 2 is 1.68 bits per heavy atom. The van der Waals surface area contributed by atoms with Gasteiger partial charge < -0.3 is 13.9 Å². The molecule has 0 bridgehead atoms. The zero-order valence-corrected chi connectivity index (χ0v) is 20.9. The molecular formula is C30H22ClNO5. The van der Waals surface area contributed by atoms with E-state index in [-0.39, 0.29) is 5.91 Å². The predicted molar refractivity (Wildman–Crippen MR) is 143 cm³/mol. The van der Waals surface area contributed by atoms with Gasteiger partial charge in [0.05, 0.1) is 31.2 Å². The maximum Gasteiger partial charge on any atom is 0.337 e. The standard InChI is InChI=1S/C30H22ClNO5/c1-35-28-14-12-23(31)18-26(28)32-25(19-6-4-3-5-7-19)17-22(29(32)33)16-24-13-15-27(37-24)20-8-10-21(11-9-20)30(34)36-2/h3-18H,1-2H3/b22-16+. The second-order valence-corrected chi connectivity index (χ2v) is 8.66. The molecule has 0 saturated carbocycles. The lowest BCUT2D eigenvalue weighted by Crippen LogP contribution is -2.25. The number of halogens is 1. The Balaban J connectivity index is 1.52. The predicted octanol–water partition coefficient (Wildman–Crippen LogP) is 6.87. The van der Waals surface area contributed by atoms with E-state index in [1.807, 2.05) is 42.5 Å². The van der Waals surface area contributed by atoms with Crippen LogP contribution >= 0.6 is 11.6 Å². The summed E-state index contributed by atoms with van der Waals surface area (Å²) in [5, 5.41) is 0.488. The summed E-state index contributed by atoms with van der Waals surface area (Å²) in [7, 11) is 2.89. The van der Waals surface area contributed by atoms with Crippen molar-refractivity contribution >= 4 is 40.9 Å². The molecule has 1 amide bonds. The van der Waals surface area contributed by atoms with Gasteiger partial charge in [-0.15, -0.1) is 0 Å². The van der Waals surface area contributed by atoms with E-state index in [0.717, 1.165) is 11.1 Å². The number of methoxy groups -OCH3 is 2. The van der Waals surface area contributed by atoms with E-state index in [2.05, 4.69) is 0 Å². The van der Waals surface area contributed by atoms with Crippen molar-refractivity contribution < 1.29 is 23.5 Å². The summed E-state index contributed by atoms with van der Waals surface area (Å²) in [5.74, 6) is 1.00. The number of furan rings is 1. The van der Waals surface area contributed by atoms with Gasteiger partial charge in [0.25, 0.3) is 5.91 Å². The Labute approximate surface area is 219 Å². The third kappa shape index (κ3) is 4.79. The first-order valence-corrected chi connectivity index (χ1v) is 11.8. The Bertz CT molecular complexity index is 1530. The summed E-state index contributed by atoms with van der Waals surface area (Å²) in [6, 6.07) is 25.3. The summed E-state index contributed by atoms with van der Waals surface area (Å²) >= 11 is 6.29. The number of nitrogens with zero attached hydrogens (tertiary/aromatic N) is 1. The number of esters is 1. The highest BCUT2D eigenvalue weighted by atomic mass is 35.5. The van der Waals surface area contributed by atoms with Gasteiger partial charge in [-0.1, -0.05) is 54.1 Å². The quantitative estimate of drug-likeness (QED) is 0.209. The molecule has 0 saturated heterocycles. The first-order valence-electron chi connectivity index (χ1n) is 11.4. The average Bonchev–Trinajstić information content (AvgIpc) is 3.53. The number of ether oxygens (including phenoxy) is 2. The van der Waals surface area contributed by atoms with E-state index >= 15 is 0 Å². The zero-order valence-electron chi connectivity index (χ0n) is 20.1. The Kier molecular flexibility index (Phi) is 6.66. The van der Waals surface area contributed by atoms with E-state index in [1.165, 1.54) is 7.11 Å². The SMILES string of the molecule is COC(=O)c1ccc(-c2ccc(/C=C3\C=C(c4ccccc4)N(c4cc(Cl)ccc4OC)C3=O)o2)cc1. The molecule has 0 unspecified atom stereocenters. The lowest BCUT2D eigenvalue weighted by Gasteiger charge is -2.23. The molecule has 184 valence electrons. The number of rotatable bonds is 6. The van der Waals surface area contributed by atoms with Crippen LogP contribution in [0.4, 0.5) is 5.69 Å². The minimum absolute atomic E-state index is 0.236. The maximum absolute atomic E-state index is 13.7. The molecular weight excluding hydrogens is 490 g/mol. The third-order valence-corrected chi connectivity index (χ3v) is 6.18. The number of hydrogen-bond acceptors (Lipinski definition) is 5. The van der Waals surface area contributed by atoms with Crippen LogP contribution in [0.3, 0.4) is 0 Å². The minimum atomic E-state index is -0.405. The van der Waals surface area contributed by atoms with Crippen LogP contribution in [-0.2, 0) is 9.53 Å². The fraction of sp³-hybridized carbons (Fsp3) is 0.0667. The van der Waals surface area contributed by atoms with Crippen LogP contribution < -0.4 is 9.64 Å². The maximum atomic E-state index is 13.7. The van der Waals surface area contributed by atoms with Crippen LogP contribution in [0.5, 0.6) is 5.75 Å². The number of hydrogen-bond donors (Lipinski definition) is 0. The van der Waals surface area contributed by atoms with Crippen LogP contribution in [0, 0.1) is 0 Å². The summed E-state index contributed by atoms with van der Waals surface area (Å²) < 4.78 is 16.3. The second kappa shape index (κ2) is 10.2. The van der Waals surface area contributed by atoms with Gasteiger partial charge in [-0.3, -0.25) is 9.69 Å². The minimum Gasteiger partial charge on any atom is -0.495 e. The van der Waals surface area contributed by atoms with Crippen molar-refractivity contribution in [2.75, 3.05) is 19.1 Å². The van der Waals surface area contributed by atoms with Crippen LogP contribution in [0.25, 0.3) is 23.1 Å². The number of benzene rings is 3. The lowest BCUT2D eigenvalue weighted by molar-refractivity contribution is -0.113. The van der Waals surface area contributed by atoms with Crippen LogP contribution in [0.15, 0.2) is 101 Å². The van der Waals surface area contributed by atoms with Gasteiger partial charge >= 0.3 is 5.97 Å². The molecule has 0 atom stereocenters. The number of anilines is 1. The fourth-order valence-electron chi connectivity index (χ4n) is 4.14. The first-order chi connectivity index (χ1) is 18.0. The average molecular weight is 512 g/mol. The van der Waals surface area contributed by atoms with Gasteiger partial charge in [0.15, 0.2) is 0 Å². The molecule has 3 aromatic carbocycles. The molecule has 5 rings (SSSR count). The summed E-state index contributed by atoms with van der Waals surface area (Å²) in [5.41, 5.74) is 3.80. The van der Waals surface area contributed by atoms with E-state index in [4.69, 9.17) is 25.5 Å². The van der Waals surface area contributed by atoms with Gasteiger partial charge in [0.1, 0.15) is 17.3 Å². The second-order valence-electron chi connectivity index (χ2n) is 8.22. The van der Waals surface area contributed by atoms with E-state index < -0.39 is 5.97 Å². The molecule has 0 radical (unpaired) electrons. The third-order valence-electron chi connectivity index (χ3n) is 5.95. The lowest BCUT2D eigenvalue weighted by atomic mass is 10.1. The van der Waals surface area contributed by atoms with Crippen molar-refractivity contribution in [2.24, 2.45) is 0 Å². The number of amides is 1. The Morgan fingerprint density at radius 3 is 2.38 bits per heavy atom. The largest absolute Gasteiger partial charge is 0.495 e. The Hall–Kier alpha value is -4.55. The molecule has 2 heterocycles. The van der Waals surface area contributed by atoms with Crippen molar-refractivity contribution in [2.45, 2.75) is 0 Å². The molecule has 7 heteroatoms. The van der Waals surface area contributed by atoms with Gasteiger partial charge in [-0.05, 0) is 60.2 Å². The van der Waals surface area contributed by atoms with Crippen molar-refractivity contribution in [3.05, 3.63) is 118 Å². The van der Waals surface area contributed by atoms with Crippen molar-refractivity contribution in [1.29, 1.82) is 0 Å². The van der Waals surface area contributed by atoms with Gasteiger partial charge in [-0.2, -0.15) is 0 Å². The van der Waals surface area contributed by atoms with Crippen molar-refractivity contribution in [3.63, 3.8) is 0 Å². The van der Waals surface area contributed by atoms with Crippen LogP contribution in [0.2, 0.25) is 5.02 Å². The first kappa shape index (κ1) is 24.2. The number of carbonyl (C=O) groups excluding carboxylic acids is 2. The normalized spacial score (nSPS) is 14.1. The topological polar surface area (TPSA) is 69.0 Å². The van der Waals surface area contributed by atoms with E-state index in [0.29, 0.717) is 44.8 Å². The summed E-state index contributed by atoms with van der Waals surface area (Å²) in [6.45, 7) is 0. The van der Waals surface area contributed by atoms with Crippen molar-refractivity contribution in [3.8, 4) is 17.1 Å². The summed E-state index contributed by atoms with van der Waals surface area (Å²) in [6.07, 6.45) is 3.53. The molecule has 1 aliphatic rings. The van der Waals surface area contributed by atoms with Crippen LogP contribution in [-0.4, -0.2) is 26.1 Å². The van der Waals surface area contributed by atoms with Crippen LogP contribution in [0.1, 0.15) is 21.7 Å². The molecule has 6 nitrogen and oxygen atoms in total. The summed E-state index contributed by atoms with van der Waals surface area (Å²) in [4.78, 5) is 27.0. The fourth-order valence-corrected chi connectivity index (χ4v) is 4.31. The molecule has 0 spiro atoms. The van der Waals surface area contributed by atoms with Crippen molar-refractivity contribution in [1.82, 2.24) is 0 Å². The Morgan fingerprint density at radius 1 is 0.919 bits per heavy atom. The molecule has 0 fully saturated rings. The monoisotopic (exact) mass is 511 g/mol. The van der Waals surface area contributed by atoms with Gasteiger partial charge in [0.2, 0.25) is 0 Å². The smallest absolute Gasteiger partial charge is 0.337 e.